The number of sulfonamides is 1. The highest BCUT2D eigenvalue weighted by molar-refractivity contribution is 9.10. The Kier molecular flexibility index (Phi) is 7.61. The van der Waals surface area contributed by atoms with Gasteiger partial charge in [0.15, 0.2) is 0 Å². The van der Waals surface area contributed by atoms with Crippen LogP contribution in [0.3, 0.4) is 0 Å². The third kappa shape index (κ3) is 4.94. The number of fused-ring (bicyclic) bond motifs is 1. The minimum Gasteiger partial charge on any atom is -0.462 e. The number of esters is 1. The van der Waals surface area contributed by atoms with Crippen molar-refractivity contribution in [1.82, 2.24) is 0 Å². The fourth-order valence-electron chi connectivity index (χ4n) is 3.85. The fourth-order valence-corrected chi connectivity index (χ4v) is 5.56. The van der Waals surface area contributed by atoms with E-state index in [4.69, 9.17) is 9.15 Å². The standard InChI is InChI=1S/C27H24BrNO6S/c1-3-8-24(30)29(36(32,33)21-14-11-19(28)12-15-21)20-13-16-23-22(17-20)25(27(31)34-4-2)26(35-23)18-9-6-5-7-10-18/h5-7,9-17H,3-4,8H2,1-2H3. The Morgan fingerprint density at radius 3 is 2.31 bits per heavy atom. The molecule has 0 saturated heterocycles. The van der Waals surface area contributed by atoms with Crippen LogP contribution in [0, 0.1) is 0 Å². The summed E-state index contributed by atoms with van der Waals surface area (Å²) in [6.07, 6.45) is 0.491. The van der Waals surface area contributed by atoms with Crippen LogP contribution in [0.4, 0.5) is 5.69 Å². The number of carbonyl (C=O) groups is 2. The van der Waals surface area contributed by atoms with Gasteiger partial charge in [0.25, 0.3) is 10.0 Å². The molecular weight excluding hydrogens is 546 g/mol. The van der Waals surface area contributed by atoms with Gasteiger partial charge in [-0.2, -0.15) is 0 Å². The lowest BCUT2D eigenvalue weighted by Crippen LogP contribution is -2.36. The van der Waals surface area contributed by atoms with Crippen molar-refractivity contribution in [2.24, 2.45) is 0 Å². The van der Waals surface area contributed by atoms with Crippen molar-refractivity contribution in [3.63, 3.8) is 0 Å². The van der Waals surface area contributed by atoms with Gasteiger partial charge in [-0.3, -0.25) is 4.79 Å². The molecule has 0 fully saturated rings. The Labute approximate surface area is 217 Å². The molecule has 0 N–H and O–H groups in total. The maximum absolute atomic E-state index is 13.6. The average molecular weight is 570 g/mol. The number of rotatable bonds is 8. The van der Waals surface area contributed by atoms with Gasteiger partial charge >= 0.3 is 5.97 Å². The molecule has 0 aliphatic carbocycles. The van der Waals surface area contributed by atoms with Gasteiger partial charge in [-0.15, -0.1) is 0 Å². The number of benzene rings is 3. The normalized spacial score (nSPS) is 11.4. The first-order valence-electron chi connectivity index (χ1n) is 11.4. The number of furan rings is 1. The second kappa shape index (κ2) is 10.7. The zero-order valence-corrected chi connectivity index (χ0v) is 22.1. The molecule has 0 atom stereocenters. The van der Waals surface area contributed by atoms with Crippen molar-refractivity contribution in [2.45, 2.75) is 31.6 Å². The van der Waals surface area contributed by atoms with Crippen LogP contribution in [-0.4, -0.2) is 26.9 Å². The van der Waals surface area contributed by atoms with Crippen molar-refractivity contribution < 1.29 is 27.2 Å². The molecule has 0 unspecified atom stereocenters. The van der Waals surface area contributed by atoms with Crippen molar-refractivity contribution in [3.8, 4) is 11.3 Å². The Hall–Kier alpha value is -3.43. The van der Waals surface area contributed by atoms with E-state index in [1.54, 1.807) is 44.2 Å². The van der Waals surface area contributed by atoms with Crippen molar-refractivity contribution in [2.75, 3.05) is 10.9 Å². The third-order valence-electron chi connectivity index (χ3n) is 5.46. The summed E-state index contributed by atoms with van der Waals surface area (Å²) in [4.78, 5) is 26.1. The first-order valence-corrected chi connectivity index (χ1v) is 13.6. The summed E-state index contributed by atoms with van der Waals surface area (Å²) in [7, 11) is -4.23. The van der Waals surface area contributed by atoms with E-state index in [0.717, 1.165) is 4.31 Å². The highest BCUT2D eigenvalue weighted by atomic mass is 79.9. The number of nitrogens with zero attached hydrogens (tertiary/aromatic N) is 1. The van der Waals surface area contributed by atoms with Crippen molar-refractivity contribution >= 4 is 54.5 Å². The average Bonchev–Trinajstić information content (AvgIpc) is 3.24. The monoisotopic (exact) mass is 569 g/mol. The second-order valence-electron chi connectivity index (χ2n) is 7.94. The molecule has 0 radical (unpaired) electrons. The first-order chi connectivity index (χ1) is 17.3. The number of hydrogen-bond acceptors (Lipinski definition) is 6. The lowest BCUT2D eigenvalue weighted by Gasteiger charge is -2.23. The largest absolute Gasteiger partial charge is 0.462 e. The Balaban J connectivity index is 1.94. The molecule has 1 heterocycles. The summed E-state index contributed by atoms with van der Waals surface area (Å²) in [5.74, 6) is -0.873. The predicted molar refractivity (Wildman–Crippen MR) is 141 cm³/mol. The molecule has 0 spiro atoms. The topological polar surface area (TPSA) is 93.9 Å². The van der Waals surface area contributed by atoms with Gasteiger partial charge in [0.1, 0.15) is 16.9 Å². The highest BCUT2D eigenvalue weighted by Crippen LogP contribution is 2.37. The van der Waals surface area contributed by atoms with Crippen molar-refractivity contribution in [3.05, 3.63) is 82.8 Å². The van der Waals surface area contributed by atoms with E-state index < -0.39 is 21.9 Å². The lowest BCUT2D eigenvalue weighted by atomic mass is 10.1. The van der Waals surface area contributed by atoms with Crippen LogP contribution in [0.15, 0.2) is 86.6 Å². The number of carbonyl (C=O) groups excluding carboxylic acids is 2. The molecule has 0 aliphatic rings. The maximum Gasteiger partial charge on any atom is 0.342 e. The number of ether oxygens (including phenoxy) is 1. The summed E-state index contributed by atoms with van der Waals surface area (Å²) in [6.45, 7) is 3.65. The number of amides is 1. The summed E-state index contributed by atoms with van der Waals surface area (Å²) >= 11 is 3.30. The van der Waals surface area contributed by atoms with E-state index in [1.807, 2.05) is 18.2 Å². The van der Waals surface area contributed by atoms with Crippen LogP contribution in [-0.2, 0) is 19.6 Å². The zero-order valence-electron chi connectivity index (χ0n) is 19.7. The van der Waals surface area contributed by atoms with Crippen LogP contribution >= 0.6 is 15.9 Å². The molecule has 0 aliphatic heterocycles. The second-order valence-corrected chi connectivity index (χ2v) is 10.6. The molecule has 9 heteroatoms. The van der Waals surface area contributed by atoms with E-state index in [0.29, 0.717) is 33.2 Å². The van der Waals surface area contributed by atoms with E-state index in [1.165, 1.54) is 24.3 Å². The molecule has 36 heavy (non-hydrogen) atoms. The van der Waals surface area contributed by atoms with E-state index in [2.05, 4.69) is 15.9 Å². The summed E-state index contributed by atoms with van der Waals surface area (Å²) in [5, 5.41) is 0.352. The zero-order chi connectivity index (χ0) is 25.9. The van der Waals surface area contributed by atoms with Crippen LogP contribution < -0.4 is 4.31 Å². The Morgan fingerprint density at radius 2 is 1.67 bits per heavy atom. The maximum atomic E-state index is 13.6. The molecule has 4 rings (SSSR count). The minimum absolute atomic E-state index is 0.0270. The van der Waals surface area contributed by atoms with E-state index in [-0.39, 0.29) is 29.2 Å². The number of anilines is 1. The van der Waals surface area contributed by atoms with Gasteiger partial charge < -0.3 is 9.15 Å². The van der Waals surface area contributed by atoms with Crippen LogP contribution in [0.25, 0.3) is 22.3 Å². The molecule has 186 valence electrons. The molecule has 1 aromatic heterocycles. The molecule has 7 nitrogen and oxygen atoms in total. The van der Waals surface area contributed by atoms with Gasteiger partial charge in [0.2, 0.25) is 5.91 Å². The van der Waals surface area contributed by atoms with Gasteiger partial charge in [0, 0.05) is 21.8 Å². The highest BCUT2D eigenvalue weighted by Gasteiger charge is 2.32. The molecule has 0 saturated carbocycles. The summed E-state index contributed by atoms with van der Waals surface area (Å²) in [6, 6.07) is 19.7. The van der Waals surface area contributed by atoms with Gasteiger partial charge in [-0.05, 0) is 55.8 Å². The molecule has 0 bridgehead atoms. The quantitative estimate of drug-likeness (QED) is 0.223. The van der Waals surface area contributed by atoms with Crippen LogP contribution in [0.5, 0.6) is 0 Å². The number of halogens is 1. The Morgan fingerprint density at radius 1 is 0.972 bits per heavy atom. The smallest absolute Gasteiger partial charge is 0.342 e. The van der Waals surface area contributed by atoms with Gasteiger partial charge in [-0.25, -0.2) is 17.5 Å². The predicted octanol–water partition coefficient (Wildman–Crippen LogP) is 6.56. The minimum atomic E-state index is -4.23. The molecule has 4 aromatic rings. The van der Waals surface area contributed by atoms with Crippen LogP contribution in [0.1, 0.15) is 37.0 Å². The van der Waals surface area contributed by atoms with Gasteiger partial charge in [-0.1, -0.05) is 53.2 Å². The lowest BCUT2D eigenvalue weighted by molar-refractivity contribution is -0.117. The summed E-state index contributed by atoms with van der Waals surface area (Å²) < 4.78 is 40.1. The molecule has 3 aromatic carbocycles. The molecular formula is C27H24BrNO6S. The molecule has 1 amide bonds. The Bertz CT molecular complexity index is 1510. The fraction of sp³-hybridized carbons (Fsp3) is 0.185. The van der Waals surface area contributed by atoms with E-state index in [9.17, 15) is 18.0 Å². The van der Waals surface area contributed by atoms with Crippen LogP contribution in [0.2, 0.25) is 0 Å². The SMILES string of the molecule is CCCC(=O)N(c1ccc2oc(-c3ccccc3)c(C(=O)OCC)c2c1)S(=O)(=O)c1ccc(Br)cc1. The summed E-state index contributed by atoms with van der Waals surface area (Å²) in [5.41, 5.74) is 1.31. The third-order valence-corrected chi connectivity index (χ3v) is 7.76. The first kappa shape index (κ1) is 25.7. The van der Waals surface area contributed by atoms with E-state index >= 15 is 0 Å². The van der Waals surface area contributed by atoms with Crippen molar-refractivity contribution in [1.29, 1.82) is 0 Å². The number of hydrogen-bond donors (Lipinski definition) is 0. The van der Waals surface area contributed by atoms with Gasteiger partial charge in [0.05, 0.1) is 17.2 Å².